The molecule has 0 aromatic carbocycles. The molecule has 0 aliphatic rings. The van der Waals surface area contributed by atoms with Gasteiger partial charge in [0.05, 0.1) is 13.2 Å². The van der Waals surface area contributed by atoms with Gasteiger partial charge in [0.15, 0.2) is 12.6 Å². The molecule has 0 bridgehead atoms. The summed E-state index contributed by atoms with van der Waals surface area (Å²) < 4.78 is 22.2. The highest BCUT2D eigenvalue weighted by Gasteiger charge is 2.12. The Kier molecular flexibility index (Phi) is 14.8. The molecule has 0 radical (unpaired) electrons. The molecule has 21 heavy (non-hydrogen) atoms. The maximum absolute atomic E-state index is 5.89. The fourth-order valence-corrected chi connectivity index (χ4v) is 1.73. The first-order valence-electron chi connectivity index (χ1n) is 8.40. The van der Waals surface area contributed by atoms with Gasteiger partial charge in [0.25, 0.3) is 0 Å². The first-order valence-corrected chi connectivity index (χ1v) is 8.40. The molecule has 0 aromatic rings. The molecule has 0 aliphatic carbocycles. The van der Waals surface area contributed by atoms with Crippen LogP contribution in [-0.2, 0) is 18.9 Å². The predicted molar refractivity (Wildman–Crippen MR) is 85.8 cm³/mol. The molecule has 126 valence electrons. The van der Waals surface area contributed by atoms with E-state index in [1.807, 2.05) is 0 Å². The lowest BCUT2D eigenvalue weighted by molar-refractivity contribution is -0.0690. The molecule has 0 spiro atoms. The first-order chi connectivity index (χ1) is 10.3. The van der Waals surface area contributed by atoms with E-state index in [-0.39, 0.29) is 6.79 Å². The van der Waals surface area contributed by atoms with E-state index < -0.39 is 0 Å². The Morgan fingerprint density at radius 1 is 0.714 bits per heavy atom. The Morgan fingerprint density at radius 3 is 1.90 bits per heavy atom. The highest BCUT2D eigenvalue weighted by molar-refractivity contribution is 4.95. The lowest BCUT2D eigenvalue weighted by atomic mass is 10.2. The number of hydrogen-bond acceptors (Lipinski definition) is 4. The molecule has 0 fully saturated rings. The summed E-state index contributed by atoms with van der Waals surface area (Å²) in [4.78, 5) is 0. The summed E-state index contributed by atoms with van der Waals surface area (Å²) in [5.74, 6) is 1.35. The van der Waals surface area contributed by atoms with Gasteiger partial charge in [-0.25, -0.2) is 0 Å². The van der Waals surface area contributed by atoms with Crippen molar-refractivity contribution in [1.29, 1.82) is 0 Å². The molecule has 0 aromatic heterocycles. The van der Waals surface area contributed by atoms with Gasteiger partial charge in [0.2, 0.25) is 0 Å². The van der Waals surface area contributed by atoms with E-state index in [1.54, 1.807) is 7.11 Å². The van der Waals surface area contributed by atoms with Crippen LogP contribution in [0.4, 0.5) is 0 Å². The summed E-state index contributed by atoms with van der Waals surface area (Å²) in [5, 5.41) is 0. The van der Waals surface area contributed by atoms with Crippen molar-refractivity contribution in [3.8, 4) is 0 Å². The van der Waals surface area contributed by atoms with Crippen molar-refractivity contribution in [3.05, 3.63) is 11.7 Å². The van der Waals surface area contributed by atoms with Crippen molar-refractivity contribution in [2.75, 3.05) is 27.1 Å². The standard InChI is InChI=1S/C17H34O4/c1-5-8-11-12-16(19-13-9-6-2)17(21-15-18-4)20-14-10-7-3/h5-15H2,1-4H3. The average molecular weight is 302 g/mol. The fourth-order valence-electron chi connectivity index (χ4n) is 1.73. The van der Waals surface area contributed by atoms with Gasteiger partial charge in [-0.2, -0.15) is 0 Å². The number of rotatable bonds is 15. The monoisotopic (exact) mass is 302 g/mol. The van der Waals surface area contributed by atoms with E-state index in [0.29, 0.717) is 12.6 Å². The third-order valence-corrected chi connectivity index (χ3v) is 3.05. The third-order valence-electron chi connectivity index (χ3n) is 3.05. The summed E-state index contributed by atoms with van der Waals surface area (Å²) in [7, 11) is 1.61. The number of ether oxygens (including phenoxy) is 4. The molecular weight excluding hydrogens is 268 g/mol. The molecule has 0 aliphatic heterocycles. The van der Waals surface area contributed by atoms with Gasteiger partial charge in [0.1, 0.15) is 0 Å². The molecule has 0 saturated carbocycles. The summed E-state index contributed by atoms with van der Waals surface area (Å²) in [6.45, 7) is 8.06. The van der Waals surface area contributed by atoms with Crippen LogP contribution in [-0.4, -0.2) is 27.1 Å². The van der Waals surface area contributed by atoms with Crippen LogP contribution in [0.2, 0.25) is 0 Å². The zero-order valence-electron chi connectivity index (χ0n) is 14.4. The summed E-state index contributed by atoms with van der Waals surface area (Å²) >= 11 is 0. The second-order valence-electron chi connectivity index (χ2n) is 5.12. The van der Waals surface area contributed by atoms with Gasteiger partial charge in [-0.3, -0.25) is 0 Å². The minimum Gasteiger partial charge on any atom is -0.491 e. The van der Waals surface area contributed by atoms with E-state index in [4.69, 9.17) is 18.9 Å². The molecule has 4 heteroatoms. The van der Waals surface area contributed by atoms with Gasteiger partial charge in [-0.05, 0) is 19.3 Å². The molecule has 0 amide bonds. The summed E-state index contributed by atoms with van der Waals surface area (Å²) in [6, 6.07) is 0. The topological polar surface area (TPSA) is 36.9 Å². The summed E-state index contributed by atoms with van der Waals surface area (Å²) in [6.07, 6.45) is 8.60. The number of hydrogen-bond donors (Lipinski definition) is 0. The SMILES string of the molecule is CCCCCC(OCCCC)=C(OCCCC)OCOC. The Hall–Kier alpha value is -0.900. The first kappa shape index (κ1) is 20.1. The lowest BCUT2D eigenvalue weighted by Crippen LogP contribution is -2.09. The van der Waals surface area contributed by atoms with Gasteiger partial charge in [-0.15, -0.1) is 0 Å². The highest BCUT2D eigenvalue weighted by atomic mass is 16.7. The maximum atomic E-state index is 5.89. The molecule has 0 saturated heterocycles. The third kappa shape index (κ3) is 11.4. The average Bonchev–Trinajstić information content (AvgIpc) is 2.50. The molecule has 0 N–H and O–H groups in total. The van der Waals surface area contributed by atoms with Crippen LogP contribution in [0.1, 0.15) is 72.1 Å². The number of methoxy groups -OCH3 is 1. The van der Waals surface area contributed by atoms with E-state index in [9.17, 15) is 0 Å². The second kappa shape index (κ2) is 15.5. The minimum atomic E-state index is 0.190. The van der Waals surface area contributed by atoms with Crippen molar-refractivity contribution < 1.29 is 18.9 Å². The quantitative estimate of drug-likeness (QED) is 0.242. The molecule has 0 heterocycles. The van der Waals surface area contributed by atoms with Crippen molar-refractivity contribution >= 4 is 0 Å². The Bertz CT molecular complexity index is 239. The summed E-state index contributed by atoms with van der Waals surface area (Å²) in [5.41, 5.74) is 0. The second-order valence-corrected chi connectivity index (χ2v) is 5.12. The van der Waals surface area contributed by atoms with E-state index in [1.165, 1.54) is 12.8 Å². The van der Waals surface area contributed by atoms with Crippen LogP contribution in [0.5, 0.6) is 0 Å². The Balaban J connectivity index is 4.65. The van der Waals surface area contributed by atoms with Crippen molar-refractivity contribution in [2.24, 2.45) is 0 Å². The van der Waals surface area contributed by atoms with Crippen molar-refractivity contribution in [1.82, 2.24) is 0 Å². The van der Waals surface area contributed by atoms with E-state index in [0.717, 1.165) is 50.9 Å². The molecular formula is C17H34O4. The van der Waals surface area contributed by atoms with Gasteiger partial charge in [-0.1, -0.05) is 46.5 Å². The van der Waals surface area contributed by atoms with Crippen LogP contribution in [0.3, 0.4) is 0 Å². The zero-order valence-corrected chi connectivity index (χ0v) is 14.4. The van der Waals surface area contributed by atoms with Crippen molar-refractivity contribution in [3.63, 3.8) is 0 Å². The van der Waals surface area contributed by atoms with Crippen LogP contribution < -0.4 is 0 Å². The van der Waals surface area contributed by atoms with Gasteiger partial charge in [0, 0.05) is 13.5 Å². The lowest BCUT2D eigenvalue weighted by Gasteiger charge is -2.17. The Labute approximate surface area is 130 Å². The fraction of sp³-hybridized carbons (Fsp3) is 0.882. The minimum absolute atomic E-state index is 0.190. The zero-order chi connectivity index (χ0) is 15.8. The van der Waals surface area contributed by atoms with Gasteiger partial charge >= 0.3 is 5.95 Å². The van der Waals surface area contributed by atoms with Crippen LogP contribution in [0.25, 0.3) is 0 Å². The highest BCUT2D eigenvalue weighted by Crippen LogP contribution is 2.18. The normalized spacial score (nSPS) is 12.0. The number of allylic oxidation sites excluding steroid dienone is 1. The van der Waals surface area contributed by atoms with Crippen LogP contribution >= 0.6 is 0 Å². The smallest absolute Gasteiger partial charge is 0.321 e. The number of unbranched alkanes of at least 4 members (excludes halogenated alkanes) is 4. The van der Waals surface area contributed by atoms with Crippen molar-refractivity contribution in [2.45, 2.75) is 72.1 Å². The molecule has 0 atom stereocenters. The molecule has 4 nitrogen and oxygen atoms in total. The molecule has 0 unspecified atom stereocenters. The Morgan fingerprint density at radius 2 is 1.33 bits per heavy atom. The van der Waals surface area contributed by atoms with E-state index in [2.05, 4.69) is 20.8 Å². The van der Waals surface area contributed by atoms with Gasteiger partial charge < -0.3 is 18.9 Å². The van der Waals surface area contributed by atoms with E-state index >= 15 is 0 Å². The van der Waals surface area contributed by atoms with Crippen LogP contribution in [0.15, 0.2) is 11.7 Å². The van der Waals surface area contributed by atoms with Crippen LogP contribution in [0, 0.1) is 0 Å². The molecule has 0 rings (SSSR count). The maximum Gasteiger partial charge on any atom is 0.321 e. The predicted octanol–water partition coefficient (Wildman–Crippen LogP) is 4.99. The largest absolute Gasteiger partial charge is 0.491 e.